The molecule has 0 radical (unpaired) electrons. The predicted molar refractivity (Wildman–Crippen MR) is 67.6 cm³/mol. The maximum atomic E-state index is 10.9. The molecule has 0 aliphatic rings. The molecule has 0 bridgehead atoms. The average molecular weight is 258 g/mol. The molecule has 6 heteroatoms. The molecule has 2 rings (SSSR count). The largest absolute Gasteiger partial charge is 0.425 e. The van der Waals surface area contributed by atoms with Crippen molar-refractivity contribution in [3.63, 3.8) is 0 Å². The Kier molecular flexibility index (Phi) is 3.51. The van der Waals surface area contributed by atoms with Crippen molar-refractivity contribution in [1.29, 1.82) is 0 Å². The van der Waals surface area contributed by atoms with Crippen LogP contribution in [0.4, 0.5) is 5.69 Å². The molecule has 0 N–H and O–H groups in total. The molecular weight excluding hydrogens is 248 g/mol. The molecule has 0 aliphatic heterocycles. The third-order valence-corrected chi connectivity index (χ3v) is 2.37. The number of pyridine rings is 1. The zero-order valence-corrected chi connectivity index (χ0v) is 10.1. The molecule has 0 spiro atoms. The summed E-state index contributed by atoms with van der Waals surface area (Å²) in [6.07, 6.45) is 2.95. The Bertz CT molecular complexity index is 640. The van der Waals surface area contributed by atoms with Crippen LogP contribution in [0.1, 0.15) is 6.92 Å². The zero-order valence-electron chi connectivity index (χ0n) is 10.1. The minimum atomic E-state index is -0.465. The quantitative estimate of drug-likeness (QED) is 0.480. The van der Waals surface area contributed by atoms with E-state index in [2.05, 4.69) is 4.98 Å². The minimum absolute atomic E-state index is 0.00427. The summed E-state index contributed by atoms with van der Waals surface area (Å²) < 4.78 is 4.92. The summed E-state index contributed by atoms with van der Waals surface area (Å²) in [5, 5.41) is 10.7. The molecule has 0 fully saturated rings. The van der Waals surface area contributed by atoms with Gasteiger partial charge in [0.25, 0.3) is 5.69 Å². The molecule has 1 aromatic heterocycles. The summed E-state index contributed by atoms with van der Waals surface area (Å²) in [5.41, 5.74) is 1.27. The average Bonchev–Trinajstić information content (AvgIpc) is 2.38. The van der Waals surface area contributed by atoms with E-state index >= 15 is 0 Å². The van der Waals surface area contributed by atoms with E-state index in [9.17, 15) is 14.9 Å². The molecule has 19 heavy (non-hydrogen) atoms. The smallest absolute Gasteiger partial charge is 0.308 e. The van der Waals surface area contributed by atoms with Gasteiger partial charge >= 0.3 is 5.97 Å². The van der Waals surface area contributed by atoms with Crippen LogP contribution in [0.3, 0.4) is 0 Å². The number of nitro benzene ring substituents is 1. The molecule has 96 valence electrons. The number of esters is 1. The number of carbonyl (C=O) groups is 1. The number of ether oxygens (including phenoxy) is 1. The monoisotopic (exact) mass is 258 g/mol. The molecule has 0 atom stereocenters. The van der Waals surface area contributed by atoms with Crippen molar-refractivity contribution in [3.05, 3.63) is 52.8 Å². The second kappa shape index (κ2) is 5.26. The summed E-state index contributed by atoms with van der Waals surface area (Å²) in [5.74, 6) is -0.144. The van der Waals surface area contributed by atoms with Gasteiger partial charge in [-0.3, -0.25) is 19.9 Å². The first-order chi connectivity index (χ1) is 9.06. The number of hydrogen-bond donors (Lipinski definition) is 0. The van der Waals surface area contributed by atoms with Crippen LogP contribution in [-0.2, 0) is 4.79 Å². The number of hydrogen-bond acceptors (Lipinski definition) is 5. The van der Waals surface area contributed by atoms with Crippen LogP contribution in [0, 0.1) is 10.1 Å². The Labute approximate surface area is 108 Å². The van der Waals surface area contributed by atoms with Crippen molar-refractivity contribution >= 4 is 11.7 Å². The Hall–Kier alpha value is -2.76. The standard InChI is InChI=1S/C13H10N2O4/c1-9(16)19-13-6-11(7-14-8-13)10-3-2-4-12(5-10)15(17)18/h2-8H,1H3. The number of carbonyl (C=O) groups excluding carboxylic acids is 1. The number of non-ortho nitro benzene ring substituents is 1. The molecule has 1 heterocycles. The molecule has 1 aromatic carbocycles. The molecule has 2 aromatic rings. The molecule has 0 saturated heterocycles. The van der Waals surface area contributed by atoms with Crippen LogP contribution in [0.2, 0.25) is 0 Å². The van der Waals surface area contributed by atoms with Crippen LogP contribution in [0.5, 0.6) is 5.75 Å². The number of nitrogens with zero attached hydrogens (tertiary/aromatic N) is 2. The third kappa shape index (κ3) is 3.12. The highest BCUT2D eigenvalue weighted by molar-refractivity contribution is 5.71. The Morgan fingerprint density at radius 2 is 2.05 bits per heavy atom. The fraction of sp³-hybridized carbons (Fsp3) is 0.0769. The number of benzene rings is 1. The number of rotatable bonds is 3. The molecule has 0 amide bonds. The van der Waals surface area contributed by atoms with Crippen molar-refractivity contribution in [2.45, 2.75) is 6.92 Å². The third-order valence-electron chi connectivity index (χ3n) is 2.37. The van der Waals surface area contributed by atoms with Gasteiger partial charge < -0.3 is 4.74 Å². The van der Waals surface area contributed by atoms with Gasteiger partial charge in [-0.1, -0.05) is 12.1 Å². The highest BCUT2D eigenvalue weighted by Crippen LogP contribution is 2.25. The van der Waals surface area contributed by atoms with Crippen LogP contribution in [-0.4, -0.2) is 15.9 Å². The summed E-state index contributed by atoms with van der Waals surface area (Å²) in [7, 11) is 0. The van der Waals surface area contributed by atoms with Gasteiger partial charge in [0.15, 0.2) is 0 Å². The molecular formula is C13H10N2O4. The first kappa shape index (κ1) is 12.7. The van der Waals surface area contributed by atoms with Crippen LogP contribution in [0.25, 0.3) is 11.1 Å². The van der Waals surface area contributed by atoms with E-state index in [1.54, 1.807) is 24.4 Å². The van der Waals surface area contributed by atoms with E-state index in [0.29, 0.717) is 16.9 Å². The number of aromatic nitrogens is 1. The first-order valence-corrected chi connectivity index (χ1v) is 5.44. The summed E-state index contributed by atoms with van der Waals surface area (Å²) in [4.78, 5) is 25.1. The van der Waals surface area contributed by atoms with E-state index < -0.39 is 10.9 Å². The highest BCUT2D eigenvalue weighted by atomic mass is 16.6. The van der Waals surface area contributed by atoms with Crippen molar-refractivity contribution in [2.24, 2.45) is 0 Å². The minimum Gasteiger partial charge on any atom is -0.425 e. The first-order valence-electron chi connectivity index (χ1n) is 5.44. The van der Waals surface area contributed by atoms with E-state index in [1.165, 1.54) is 25.3 Å². The summed E-state index contributed by atoms with van der Waals surface area (Å²) in [6, 6.07) is 7.77. The Balaban J connectivity index is 2.38. The van der Waals surface area contributed by atoms with E-state index in [1.807, 2.05) is 0 Å². The summed E-state index contributed by atoms with van der Waals surface area (Å²) >= 11 is 0. The molecule has 0 aliphatic carbocycles. The SMILES string of the molecule is CC(=O)Oc1cncc(-c2cccc([N+](=O)[O-])c2)c1. The van der Waals surface area contributed by atoms with Crippen molar-refractivity contribution in [1.82, 2.24) is 4.98 Å². The predicted octanol–water partition coefficient (Wildman–Crippen LogP) is 2.58. The fourth-order valence-corrected chi connectivity index (χ4v) is 1.60. The van der Waals surface area contributed by atoms with Gasteiger partial charge in [0.05, 0.1) is 11.1 Å². The fourth-order valence-electron chi connectivity index (χ4n) is 1.60. The normalized spacial score (nSPS) is 9.95. The number of nitro groups is 1. The van der Waals surface area contributed by atoms with E-state index in [-0.39, 0.29) is 5.69 Å². The molecule has 0 saturated carbocycles. The molecule has 0 unspecified atom stereocenters. The van der Waals surface area contributed by atoms with Gasteiger partial charge in [0.2, 0.25) is 0 Å². The lowest BCUT2D eigenvalue weighted by molar-refractivity contribution is -0.384. The van der Waals surface area contributed by atoms with E-state index in [0.717, 1.165) is 0 Å². The Morgan fingerprint density at radius 1 is 1.26 bits per heavy atom. The molecule has 6 nitrogen and oxygen atoms in total. The van der Waals surface area contributed by atoms with Gasteiger partial charge in [-0.05, 0) is 11.6 Å². The van der Waals surface area contributed by atoms with E-state index in [4.69, 9.17) is 4.74 Å². The van der Waals surface area contributed by atoms with Crippen LogP contribution >= 0.6 is 0 Å². The van der Waals surface area contributed by atoms with Gasteiger partial charge in [0, 0.05) is 30.8 Å². The highest BCUT2D eigenvalue weighted by Gasteiger charge is 2.08. The lowest BCUT2D eigenvalue weighted by atomic mass is 10.1. The van der Waals surface area contributed by atoms with Gasteiger partial charge in [-0.15, -0.1) is 0 Å². The van der Waals surface area contributed by atoms with Crippen LogP contribution in [0.15, 0.2) is 42.7 Å². The van der Waals surface area contributed by atoms with Gasteiger partial charge in [-0.2, -0.15) is 0 Å². The second-order valence-electron chi connectivity index (χ2n) is 3.81. The zero-order chi connectivity index (χ0) is 13.8. The lowest BCUT2D eigenvalue weighted by Gasteiger charge is -2.04. The second-order valence-corrected chi connectivity index (χ2v) is 3.81. The van der Waals surface area contributed by atoms with Gasteiger partial charge in [-0.25, -0.2) is 0 Å². The van der Waals surface area contributed by atoms with Crippen molar-refractivity contribution in [3.8, 4) is 16.9 Å². The van der Waals surface area contributed by atoms with Crippen molar-refractivity contribution in [2.75, 3.05) is 0 Å². The maximum Gasteiger partial charge on any atom is 0.308 e. The van der Waals surface area contributed by atoms with Gasteiger partial charge in [0.1, 0.15) is 5.75 Å². The maximum absolute atomic E-state index is 10.9. The summed E-state index contributed by atoms with van der Waals surface area (Å²) in [6.45, 7) is 1.29. The van der Waals surface area contributed by atoms with Crippen LogP contribution < -0.4 is 4.74 Å². The lowest BCUT2D eigenvalue weighted by Crippen LogP contribution is -2.01. The topological polar surface area (TPSA) is 82.3 Å². The van der Waals surface area contributed by atoms with Crippen molar-refractivity contribution < 1.29 is 14.5 Å². The Morgan fingerprint density at radius 3 is 2.74 bits per heavy atom.